The molecule has 1 N–H and O–H groups in total. The molecular weight excluding hydrogens is 228 g/mol. The van der Waals surface area contributed by atoms with Crippen LogP contribution in [-0.2, 0) is 9.59 Å². The predicted octanol–water partition coefficient (Wildman–Crippen LogP) is 0.914. The summed E-state index contributed by atoms with van der Waals surface area (Å²) in [6.07, 6.45) is 4.62. The van der Waals surface area contributed by atoms with E-state index in [1.54, 1.807) is 0 Å². The van der Waals surface area contributed by atoms with Crippen molar-refractivity contribution in [2.45, 2.75) is 44.6 Å². The molecule has 4 rings (SSSR count). The van der Waals surface area contributed by atoms with Crippen LogP contribution in [0.5, 0.6) is 0 Å². The van der Waals surface area contributed by atoms with E-state index in [2.05, 4.69) is 17.1 Å². The van der Waals surface area contributed by atoms with Crippen LogP contribution in [0.4, 0.5) is 0 Å². The smallest absolute Gasteiger partial charge is 0.225 e. The first-order chi connectivity index (χ1) is 8.50. The van der Waals surface area contributed by atoms with Crippen LogP contribution in [0.15, 0.2) is 0 Å². The Labute approximate surface area is 107 Å². The van der Waals surface area contributed by atoms with Gasteiger partial charge in [0.25, 0.3) is 0 Å². The third-order valence-corrected chi connectivity index (χ3v) is 5.70. The van der Waals surface area contributed by atoms with Gasteiger partial charge in [0.05, 0.1) is 0 Å². The van der Waals surface area contributed by atoms with Gasteiger partial charge in [-0.05, 0) is 37.0 Å². The van der Waals surface area contributed by atoms with Crippen LogP contribution in [0.2, 0.25) is 0 Å². The highest BCUT2D eigenvalue weighted by Crippen LogP contribution is 2.58. The van der Waals surface area contributed by atoms with Gasteiger partial charge in [0.15, 0.2) is 0 Å². The lowest BCUT2D eigenvalue weighted by Crippen LogP contribution is -2.56. The fraction of sp³-hybridized carbons (Fsp3) is 0.857. The van der Waals surface area contributed by atoms with Gasteiger partial charge >= 0.3 is 0 Å². The van der Waals surface area contributed by atoms with E-state index in [1.807, 2.05) is 0 Å². The molecule has 0 aromatic rings. The number of hydrogen-bond donors (Lipinski definition) is 1. The highest BCUT2D eigenvalue weighted by molar-refractivity contribution is 5.84. The zero-order valence-electron chi connectivity index (χ0n) is 10.9. The standard InChI is InChI=1S/C14H20N2O2/c1-13-6-10(13)7-16(8-13)12(18)9-4-14(5-9)3-2-11(17)15-14/h9-10H,2-8H2,1H3,(H,15,17)/t9-,10-,13?,14+/m1/s1. The summed E-state index contributed by atoms with van der Waals surface area (Å²) in [4.78, 5) is 25.7. The van der Waals surface area contributed by atoms with E-state index >= 15 is 0 Å². The van der Waals surface area contributed by atoms with Crippen molar-refractivity contribution >= 4 is 11.8 Å². The molecule has 18 heavy (non-hydrogen) atoms. The molecule has 2 saturated heterocycles. The Bertz CT molecular complexity index is 441. The second kappa shape index (κ2) is 3.09. The molecule has 4 aliphatic rings. The number of nitrogens with one attached hydrogen (secondary N) is 1. The Morgan fingerprint density at radius 1 is 1.39 bits per heavy atom. The second-order valence-electron chi connectivity index (χ2n) is 7.21. The molecule has 1 unspecified atom stereocenters. The van der Waals surface area contributed by atoms with E-state index in [0.29, 0.717) is 17.7 Å². The third kappa shape index (κ3) is 1.38. The number of carbonyl (C=O) groups excluding carboxylic acids is 2. The maximum absolute atomic E-state index is 12.4. The van der Waals surface area contributed by atoms with Crippen LogP contribution in [0.3, 0.4) is 0 Å². The summed E-state index contributed by atoms with van der Waals surface area (Å²) < 4.78 is 0. The topological polar surface area (TPSA) is 49.4 Å². The molecule has 0 aromatic carbocycles. The van der Waals surface area contributed by atoms with Crippen molar-refractivity contribution in [2.24, 2.45) is 17.3 Å². The van der Waals surface area contributed by atoms with Crippen molar-refractivity contribution < 1.29 is 9.59 Å². The molecule has 0 aromatic heterocycles. The van der Waals surface area contributed by atoms with Gasteiger partial charge < -0.3 is 10.2 Å². The lowest BCUT2D eigenvalue weighted by atomic mass is 9.67. The van der Waals surface area contributed by atoms with E-state index in [9.17, 15) is 9.59 Å². The third-order valence-electron chi connectivity index (χ3n) is 5.70. The van der Waals surface area contributed by atoms with Gasteiger partial charge in [-0.3, -0.25) is 9.59 Å². The summed E-state index contributed by atoms with van der Waals surface area (Å²) >= 11 is 0. The highest BCUT2D eigenvalue weighted by Gasteiger charge is 2.59. The van der Waals surface area contributed by atoms with E-state index in [-0.39, 0.29) is 17.4 Å². The predicted molar refractivity (Wildman–Crippen MR) is 65.6 cm³/mol. The largest absolute Gasteiger partial charge is 0.351 e. The summed E-state index contributed by atoms with van der Waals surface area (Å²) in [5.74, 6) is 1.44. The number of hydrogen-bond acceptors (Lipinski definition) is 2. The van der Waals surface area contributed by atoms with E-state index in [4.69, 9.17) is 0 Å². The fourth-order valence-corrected chi connectivity index (χ4v) is 4.31. The minimum Gasteiger partial charge on any atom is -0.351 e. The first kappa shape index (κ1) is 10.8. The van der Waals surface area contributed by atoms with Crippen molar-refractivity contribution in [3.05, 3.63) is 0 Å². The molecule has 98 valence electrons. The summed E-state index contributed by atoms with van der Waals surface area (Å²) in [6.45, 7) is 4.24. The van der Waals surface area contributed by atoms with Crippen LogP contribution in [-0.4, -0.2) is 35.3 Å². The molecule has 0 bridgehead atoms. The van der Waals surface area contributed by atoms with Crippen molar-refractivity contribution in [2.75, 3.05) is 13.1 Å². The van der Waals surface area contributed by atoms with E-state index in [0.717, 1.165) is 38.3 Å². The van der Waals surface area contributed by atoms with Gasteiger partial charge in [-0.2, -0.15) is 0 Å². The molecule has 2 atom stereocenters. The zero-order chi connectivity index (χ0) is 12.5. The van der Waals surface area contributed by atoms with Gasteiger partial charge in [-0.1, -0.05) is 6.92 Å². The summed E-state index contributed by atoms with van der Waals surface area (Å²) in [7, 11) is 0. The number of amides is 2. The maximum atomic E-state index is 12.4. The van der Waals surface area contributed by atoms with Crippen molar-refractivity contribution in [3.63, 3.8) is 0 Å². The number of carbonyl (C=O) groups is 2. The Hall–Kier alpha value is -1.06. The average Bonchev–Trinajstić information content (AvgIpc) is 2.65. The molecule has 2 amide bonds. The van der Waals surface area contributed by atoms with Crippen molar-refractivity contribution in [1.29, 1.82) is 0 Å². The van der Waals surface area contributed by atoms with Gasteiger partial charge in [0.1, 0.15) is 0 Å². The van der Waals surface area contributed by atoms with Crippen LogP contribution in [0.25, 0.3) is 0 Å². The van der Waals surface area contributed by atoms with Crippen molar-refractivity contribution in [1.82, 2.24) is 10.2 Å². The molecule has 2 saturated carbocycles. The lowest BCUT2D eigenvalue weighted by molar-refractivity contribution is -0.141. The Balaban J connectivity index is 1.36. The van der Waals surface area contributed by atoms with Gasteiger partial charge in [-0.15, -0.1) is 0 Å². The maximum Gasteiger partial charge on any atom is 0.225 e. The van der Waals surface area contributed by atoms with Crippen LogP contribution >= 0.6 is 0 Å². The summed E-state index contributed by atoms with van der Waals surface area (Å²) in [5.41, 5.74) is 0.433. The number of rotatable bonds is 1. The molecule has 2 aliphatic heterocycles. The lowest BCUT2D eigenvalue weighted by Gasteiger charge is -2.45. The minimum atomic E-state index is -0.00996. The molecule has 1 spiro atoms. The number of nitrogens with zero attached hydrogens (tertiary/aromatic N) is 1. The first-order valence-electron chi connectivity index (χ1n) is 7.10. The number of fused-ring (bicyclic) bond motifs is 1. The Morgan fingerprint density at radius 2 is 2.17 bits per heavy atom. The minimum absolute atomic E-state index is 0.00996. The van der Waals surface area contributed by atoms with Gasteiger partial charge in [0, 0.05) is 31.0 Å². The molecular formula is C14H20N2O2. The SMILES string of the molecule is CC12C[C@@H]1CN(C(=O)[C@H]1C[C@]3(CCC(=O)N3)C1)C2. The van der Waals surface area contributed by atoms with Gasteiger partial charge in [0.2, 0.25) is 11.8 Å². The second-order valence-corrected chi connectivity index (χ2v) is 7.21. The van der Waals surface area contributed by atoms with Crippen LogP contribution < -0.4 is 5.32 Å². The Morgan fingerprint density at radius 3 is 2.72 bits per heavy atom. The monoisotopic (exact) mass is 248 g/mol. The number of piperidine rings is 1. The normalized spacial score (nSPS) is 48.9. The van der Waals surface area contributed by atoms with E-state index in [1.165, 1.54) is 6.42 Å². The first-order valence-corrected chi connectivity index (χ1v) is 7.10. The summed E-state index contributed by atoms with van der Waals surface area (Å²) in [5, 5.41) is 3.06. The van der Waals surface area contributed by atoms with Crippen LogP contribution in [0, 0.1) is 17.3 Å². The fourth-order valence-electron chi connectivity index (χ4n) is 4.31. The number of likely N-dealkylation sites (tertiary alicyclic amines) is 1. The zero-order valence-corrected chi connectivity index (χ0v) is 10.9. The van der Waals surface area contributed by atoms with Crippen molar-refractivity contribution in [3.8, 4) is 0 Å². The highest BCUT2D eigenvalue weighted by atomic mass is 16.2. The average molecular weight is 248 g/mol. The quantitative estimate of drug-likeness (QED) is 0.750. The Kier molecular flexibility index (Phi) is 1.86. The van der Waals surface area contributed by atoms with Crippen LogP contribution in [0.1, 0.15) is 39.0 Å². The molecule has 2 aliphatic carbocycles. The summed E-state index contributed by atoms with van der Waals surface area (Å²) in [6, 6.07) is 0. The molecule has 4 heteroatoms. The molecule has 4 fully saturated rings. The molecule has 4 nitrogen and oxygen atoms in total. The molecule has 2 heterocycles. The van der Waals surface area contributed by atoms with Gasteiger partial charge in [-0.25, -0.2) is 0 Å². The van der Waals surface area contributed by atoms with E-state index < -0.39 is 0 Å². The molecule has 0 radical (unpaired) electrons.